The van der Waals surface area contributed by atoms with Gasteiger partial charge in [-0.1, -0.05) is 25.5 Å². The molecule has 2 heteroatoms. The lowest BCUT2D eigenvalue weighted by Crippen LogP contribution is -2.40. The second kappa shape index (κ2) is 4.17. The Balaban J connectivity index is 2.33. The molecule has 1 saturated carbocycles. The van der Waals surface area contributed by atoms with Gasteiger partial charge in [0.05, 0.1) is 6.10 Å². The molecule has 0 amide bonds. The van der Waals surface area contributed by atoms with E-state index in [1.54, 1.807) is 12.2 Å². The van der Waals surface area contributed by atoms with Gasteiger partial charge in [0.25, 0.3) is 0 Å². The molecule has 0 unspecified atom stereocenters. The molecule has 2 nitrogen and oxygen atoms in total. The van der Waals surface area contributed by atoms with E-state index in [2.05, 4.69) is 6.92 Å². The second-order valence-corrected chi connectivity index (χ2v) is 5.16. The molecule has 0 radical (unpaired) electrons. The van der Waals surface area contributed by atoms with E-state index >= 15 is 0 Å². The fourth-order valence-electron chi connectivity index (χ4n) is 3.13. The molecule has 1 fully saturated rings. The highest BCUT2D eigenvalue weighted by molar-refractivity contribution is 6.01. The minimum atomic E-state index is -0.258. The maximum Gasteiger partial charge on any atom is 0.178 e. The molecule has 2 aliphatic rings. The van der Waals surface area contributed by atoms with Crippen molar-refractivity contribution in [3.63, 3.8) is 0 Å². The molecule has 0 aromatic heterocycles. The molecule has 2 rings (SSSR count). The van der Waals surface area contributed by atoms with Crippen molar-refractivity contribution in [2.45, 2.75) is 45.6 Å². The zero-order valence-electron chi connectivity index (χ0n) is 10.1. The van der Waals surface area contributed by atoms with Gasteiger partial charge in [-0.15, -0.1) is 0 Å². The number of allylic oxidation sites excluding steroid dienone is 4. The van der Waals surface area contributed by atoms with Crippen LogP contribution in [0.15, 0.2) is 23.8 Å². The standard InChI is InChI=1S/C14H20O2/c1-3-13(16)12-6-4-5-10-9-11(15)7-8-14(10,12)2/h7-9,12-13,16H,3-6H2,1-2H3/t12-,13+,14+/m1/s1. The van der Waals surface area contributed by atoms with Crippen LogP contribution in [0.4, 0.5) is 0 Å². The first-order valence-corrected chi connectivity index (χ1v) is 6.20. The van der Waals surface area contributed by atoms with Crippen molar-refractivity contribution in [2.24, 2.45) is 11.3 Å². The topological polar surface area (TPSA) is 37.3 Å². The Morgan fingerprint density at radius 3 is 3.06 bits per heavy atom. The Morgan fingerprint density at radius 1 is 1.62 bits per heavy atom. The van der Waals surface area contributed by atoms with Gasteiger partial charge >= 0.3 is 0 Å². The summed E-state index contributed by atoms with van der Waals surface area (Å²) in [6.45, 7) is 4.17. The largest absolute Gasteiger partial charge is 0.393 e. The summed E-state index contributed by atoms with van der Waals surface area (Å²) >= 11 is 0. The van der Waals surface area contributed by atoms with Crippen molar-refractivity contribution in [1.82, 2.24) is 0 Å². The van der Waals surface area contributed by atoms with Crippen LogP contribution in [0.2, 0.25) is 0 Å². The van der Waals surface area contributed by atoms with Crippen molar-refractivity contribution < 1.29 is 9.90 Å². The molecule has 1 N–H and O–H groups in total. The van der Waals surface area contributed by atoms with Gasteiger partial charge in [-0.25, -0.2) is 0 Å². The predicted octanol–water partition coefficient (Wildman–Crippen LogP) is 2.63. The highest BCUT2D eigenvalue weighted by Crippen LogP contribution is 2.49. The van der Waals surface area contributed by atoms with E-state index in [0.29, 0.717) is 0 Å². The monoisotopic (exact) mass is 220 g/mol. The number of carbonyl (C=O) groups is 1. The molecule has 0 heterocycles. The third-order valence-electron chi connectivity index (χ3n) is 4.22. The van der Waals surface area contributed by atoms with Crippen LogP contribution < -0.4 is 0 Å². The number of hydrogen-bond acceptors (Lipinski definition) is 2. The smallest absolute Gasteiger partial charge is 0.178 e. The Kier molecular flexibility index (Phi) is 3.02. The molecule has 0 saturated heterocycles. The zero-order valence-corrected chi connectivity index (χ0v) is 10.1. The molecular weight excluding hydrogens is 200 g/mol. The van der Waals surface area contributed by atoms with Crippen LogP contribution in [-0.2, 0) is 4.79 Å². The van der Waals surface area contributed by atoms with Crippen LogP contribution in [0.5, 0.6) is 0 Å². The van der Waals surface area contributed by atoms with Gasteiger partial charge in [0.2, 0.25) is 0 Å². The van der Waals surface area contributed by atoms with E-state index in [0.717, 1.165) is 25.7 Å². The predicted molar refractivity (Wildman–Crippen MR) is 64.0 cm³/mol. The Bertz CT molecular complexity index is 354. The van der Waals surface area contributed by atoms with Gasteiger partial charge in [-0.3, -0.25) is 4.79 Å². The van der Waals surface area contributed by atoms with Crippen LogP contribution in [-0.4, -0.2) is 17.0 Å². The van der Waals surface area contributed by atoms with Crippen LogP contribution in [0.3, 0.4) is 0 Å². The lowest BCUT2D eigenvalue weighted by molar-refractivity contribution is -0.110. The number of aliphatic hydroxyl groups excluding tert-OH is 1. The quantitative estimate of drug-likeness (QED) is 0.776. The first-order valence-electron chi connectivity index (χ1n) is 6.20. The third kappa shape index (κ3) is 1.75. The molecule has 0 aromatic carbocycles. The van der Waals surface area contributed by atoms with Crippen LogP contribution in [0.25, 0.3) is 0 Å². The normalized spacial score (nSPS) is 35.6. The molecule has 0 bridgehead atoms. The molecule has 16 heavy (non-hydrogen) atoms. The molecule has 3 atom stereocenters. The number of hydrogen-bond donors (Lipinski definition) is 1. The van der Waals surface area contributed by atoms with Gasteiger partial charge in [-0.2, -0.15) is 0 Å². The number of aliphatic hydroxyl groups is 1. The number of rotatable bonds is 2. The van der Waals surface area contributed by atoms with E-state index in [1.165, 1.54) is 5.57 Å². The van der Waals surface area contributed by atoms with Crippen molar-refractivity contribution in [1.29, 1.82) is 0 Å². The van der Waals surface area contributed by atoms with Crippen molar-refractivity contribution in [3.8, 4) is 0 Å². The van der Waals surface area contributed by atoms with Gasteiger partial charge in [0.1, 0.15) is 0 Å². The minimum absolute atomic E-state index is 0.0956. The molecular formula is C14H20O2. The summed E-state index contributed by atoms with van der Waals surface area (Å²) in [5.41, 5.74) is 1.12. The average Bonchev–Trinajstić information content (AvgIpc) is 2.28. The maximum atomic E-state index is 11.4. The average molecular weight is 220 g/mol. The Morgan fingerprint density at radius 2 is 2.38 bits per heavy atom. The first-order chi connectivity index (χ1) is 7.58. The summed E-state index contributed by atoms with van der Waals surface area (Å²) < 4.78 is 0. The summed E-state index contributed by atoms with van der Waals surface area (Å²) in [6, 6.07) is 0. The Hall–Kier alpha value is -0.890. The molecule has 0 aromatic rings. The summed E-state index contributed by atoms with van der Waals surface area (Å²) in [5.74, 6) is 0.362. The summed E-state index contributed by atoms with van der Waals surface area (Å²) in [6.07, 6.45) is 9.11. The minimum Gasteiger partial charge on any atom is -0.393 e. The molecule has 0 spiro atoms. The number of ketones is 1. The molecule has 0 aliphatic heterocycles. The van der Waals surface area contributed by atoms with Gasteiger partial charge < -0.3 is 5.11 Å². The fourth-order valence-corrected chi connectivity index (χ4v) is 3.13. The van der Waals surface area contributed by atoms with Crippen LogP contribution in [0, 0.1) is 11.3 Å². The highest BCUT2D eigenvalue weighted by atomic mass is 16.3. The molecule has 88 valence electrons. The van der Waals surface area contributed by atoms with Gasteiger partial charge in [0.15, 0.2) is 5.78 Å². The van der Waals surface area contributed by atoms with E-state index in [1.807, 2.05) is 13.0 Å². The second-order valence-electron chi connectivity index (χ2n) is 5.16. The molecule has 2 aliphatic carbocycles. The van der Waals surface area contributed by atoms with E-state index in [9.17, 15) is 9.90 Å². The summed E-state index contributed by atoms with van der Waals surface area (Å²) in [5, 5.41) is 10.1. The van der Waals surface area contributed by atoms with E-state index in [-0.39, 0.29) is 23.2 Å². The SMILES string of the molecule is CC[C@H](O)[C@H]1CCCC2=CC(=O)C=C[C@@]21C. The Labute approximate surface area is 97.0 Å². The lowest BCUT2D eigenvalue weighted by Gasteiger charge is -2.45. The summed E-state index contributed by atoms with van der Waals surface area (Å²) in [4.78, 5) is 11.4. The fraction of sp³-hybridized carbons (Fsp3) is 0.643. The van der Waals surface area contributed by atoms with E-state index in [4.69, 9.17) is 0 Å². The van der Waals surface area contributed by atoms with Crippen molar-refractivity contribution >= 4 is 5.78 Å². The highest BCUT2D eigenvalue weighted by Gasteiger charge is 2.42. The van der Waals surface area contributed by atoms with Crippen molar-refractivity contribution in [3.05, 3.63) is 23.8 Å². The first kappa shape index (κ1) is 11.6. The van der Waals surface area contributed by atoms with Gasteiger partial charge in [-0.05, 0) is 43.8 Å². The lowest BCUT2D eigenvalue weighted by atomic mass is 9.60. The van der Waals surface area contributed by atoms with Crippen LogP contribution >= 0.6 is 0 Å². The summed E-state index contributed by atoms with van der Waals surface area (Å²) in [7, 11) is 0. The number of carbonyl (C=O) groups excluding carboxylic acids is 1. The third-order valence-corrected chi connectivity index (χ3v) is 4.22. The zero-order chi connectivity index (χ0) is 11.8. The van der Waals surface area contributed by atoms with Gasteiger partial charge in [0, 0.05) is 5.41 Å². The van der Waals surface area contributed by atoms with E-state index < -0.39 is 0 Å². The van der Waals surface area contributed by atoms with Crippen molar-refractivity contribution in [2.75, 3.05) is 0 Å². The maximum absolute atomic E-state index is 11.4. The number of fused-ring (bicyclic) bond motifs is 1. The van der Waals surface area contributed by atoms with Crippen LogP contribution in [0.1, 0.15) is 39.5 Å².